The standard InChI is InChI=1S/C22H39NO8/c1-3-7-24-11-15-28-19-21-30-17-13-26-9-5-23-6-10-27-14-18-31-22-20-29-16-12-25-8-4-2/h1-2,23H,5-22H2. The molecule has 1 N–H and O–H groups in total. The van der Waals surface area contributed by atoms with Crippen LogP contribution in [0.25, 0.3) is 0 Å². The summed E-state index contributed by atoms with van der Waals surface area (Å²) in [5.41, 5.74) is 0. The van der Waals surface area contributed by atoms with Gasteiger partial charge >= 0.3 is 0 Å². The van der Waals surface area contributed by atoms with Crippen molar-refractivity contribution < 1.29 is 37.9 Å². The van der Waals surface area contributed by atoms with Gasteiger partial charge in [-0.15, -0.1) is 12.8 Å². The molecule has 0 radical (unpaired) electrons. The molecule has 180 valence electrons. The van der Waals surface area contributed by atoms with Gasteiger partial charge in [0, 0.05) is 13.1 Å². The fourth-order valence-corrected chi connectivity index (χ4v) is 2.00. The highest BCUT2D eigenvalue weighted by Crippen LogP contribution is 1.84. The molecular formula is C22H39NO8. The molecule has 9 nitrogen and oxygen atoms in total. The summed E-state index contributed by atoms with van der Waals surface area (Å²) in [7, 11) is 0. The predicted octanol–water partition coefficient (Wildman–Crippen LogP) is -0.0248. The molecule has 0 heterocycles. The Bertz CT molecular complexity index is 387. The van der Waals surface area contributed by atoms with Crippen LogP contribution in [-0.4, -0.2) is 119 Å². The zero-order valence-corrected chi connectivity index (χ0v) is 18.6. The van der Waals surface area contributed by atoms with Crippen molar-refractivity contribution in [2.45, 2.75) is 0 Å². The van der Waals surface area contributed by atoms with Gasteiger partial charge in [0.1, 0.15) is 13.2 Å². The summed E-state index contributed by atoms with van der Waals surface area (Å²) in [5.74, 6) is 4.79. The van der Waals surface area contributed by atoms with Crippen molar-refractivity contribution in [3.63, 3.8) is 0 Å². The van der Waals surface area contributed by atoms with E-state index in [4.69, 9.17) is 50.7 Å². The van der Waals surface area contributed by atoms with Crippen molar-refractivity contribution in [1.29, 1.82) is 0 Å². The molecule has 0 amide bonds. The van der Waals surface area contributed by atoms with E-state index in [0.717, 1.165) is 13.1 Å². The first-order chi connectivity index (χ1) is 15.4. The summed E-state index contributed by atoms with van der Waals surface area (Å²) in [6.07, 6.45) is 10.1. The van der Waals surface area contributed by atoms with Crippen LogP contribution in [0.3, 0.4) is 0 Å². The van der Waals surface area contributed by atoms with Gasteiger partial charge in [0.2, 0.25) is 0 Å². The highest BCUT2D eigenvalue weighted by atomic mass is 16.6. The molecule has 0 aliphatic heterocycles. The van der Waals surface area contributed by atoms with E-state index >= 15 is 0 Å². The zero-order valence-electron chi connectivity index (χ0n) is 18.6. The third-order valence-corrected chi connectivity index (χ3v) is 3.45. The first kappa shape index (κ1) is 29.8. The van der Waals surface area contributed by atoms with Crippen LogP contribution in [0.4, 0.5) is 0 Å². The Morgan fingerprint density at radius 1 is 0.387 bits per heavy atom. The van der Waals surface area contributed by atoms with Gasteiger partial charge in [-0.05, 0) is 0 Å². The van der Waals surface area contributed by atoms with Crippen molar-refractivity contribution in [1.82, 2.24) is 5.32 Å². The molecule has 0 rings (SSSR count). The minimum atomic E-state index is 0.316. The van der Waals surface area contributed by atoms with Gasteiger partial charge < -0.3 is 43.2 Å². The summed E-state index contributed by atoms with van der Waals surface area (Å²) in [4.78, 5) is 0. The van der Waals surface area contributed by atoms with Gasteiger partial charge in [-0.25, -0.2) is 0 Å². The summed E-state index contributed by atoms with van der Waals surface area (Å²) < 4.78 is 42.5. The molecular weight excluding hydrogens is 406 g/mol. The molecule has 0 aromatic heterocycles. The first-order valence-corrected chi connectivity index (χ1v) is 10.6. The largest absolute Gasteiger partial charge is 0.378 e. The average molecular weight is 446 g/mol. The molecule has 0 spiro atoms. The van der Waals surface area contributed by atoms with E-state index in [-0.39, 0.29) is 0 Å². The number of terminal acetylenes is 2. The van der Waals surface area contributed by atoms with Gasteiger partial charge in [-0.2, -0.15) is 0 Å². The number of rotatable bonds is 26. The lowest BCUT2D eigenvalue weighted by Crippen LogP contribution is -2.25. The molecule has 0 aliphatic carbocycles. The van der Waals surface area contributed by atoms with Crippen LogP contribution in [0.15, 0.2) is 0 Å². The molecule has 9 heteroatoms. The van der Waals surface area contributed by atoms with Gasteiger partial charge in [-0.1, -0.05) is 11.8 Å². The van der Waals surface area contributed by atoms with E-state index in [9.17, 15) is 0 Å². The van der Waals surface area contributed by atoms with E-state index in [0.29, 0.717) is 106 Å². The second kappa shape index (κ2) is 28.8. The van der Waals surface area contributed by atoms with Crippen LogP contribution in [0.1, 0.15) is 0 Å². The first-order valence-electron chi connectivity index (χ1n) is 10.6. The maximum atomic E-state index is 5.47. The van der Waals surface area contributed by atoms with Gasteiger partial charge in [-0.3, -0.25) is 0 Å². The third-order valence-electron chi connectivity index (χ3n) is 3.45. The SMILES string of the molecule is C#CCOCCOCCOCCOCCNCCOCCOCCOCCOCC#C. The second-order valence-corrected chi connectivity index (χ2v) is 5.94. The Kier molecular flexibility index (Phi) is 27.6. The molecule has 0 atom stereocenters. The third kappa shape index (κ3) is 28.8. The monoisotopic (exact) mass is 445 g/mol. The highest BCUT2D eigenvalue weighted by molar-refractivity contribution is 4.83. The quantitative estimate of drug-likeness (QED) is 0.146. The fourth-order valence-electron chi connectivity index (χ4n) is 2.00. The smallest absolute Gasteiger partial charge is 0.107 e. The lowest BCUT2D eigenvalue weighted by atomic mass is 10.6. The maximum Gasteiger partial charge on any atom is 0.107 e. The molecule has 0 aliphatic rings. The van der Waals surface area contributed by atoms with Crippen molar-refractivity contribution in [3.05, 3.63) is 0 Å². The van der Waals surface area contributed by atoms with Crippen molar-refractivity contribution in [2.75, 3.05) is 119 Å². The Labute approximate surface area is 187 Å². The van der Waals surface area contributed by atoms with E-state index < -0.39 is 0 Å². The zero-order chi connectivity index (χ0) is 22.5. The Morgan fingerprint density at radius 3 is 0.935 bits per heavy atom. The van der Waals surface area contributed by atoms with Crippen LogP contribution in [-0.2, 0) is 37.9 Å². The number of hydrogen-bond donors (Lipinski definition) is 1. The van der Waals surface area contributed by atoms with E-state index in [2.05, 4.69) is 17.2 Å². The topological polar surface area (TPSA) is 85.9 Å². The molecule has 0 saturated heterocycles. The minimum Gasteiger partial charge on any atom is -0.378 e. The van der Waals surface area contributed by atoms with Crippen LogP contribution in [0.2, 0.25) is 0 Å². The maximum absolute atomic E-state index is 5.47. The van der Waals surface area contributed by atoms with Gasteiger partial charge in [0.15, 0.2) is 0 Å². The lowest BCUT2D eigenvalue weighted by Gasteiger charge is -2.09. The minimum absolute atomic E-state index is 0.316. The van der Waals surface area contributed by atoms with E-state index in [1.54, 1.807) is 0 Å². The normalized spacial score (nSPS) is 10.8. The molecule has 0 unspecified atom stereocenters. The highest BCUT2D eigenvalue weighted by Gasteiger charge is 1.94. The summed E-state index contributed by atoms with van der Waals surface area (Å²) >= 11 is 0. The van der Waals surface area contributed by atoms with E-state index in [1.807, 2.05) is 0 Å². The Hall–Kier alpha value is -1.24. The summed E-state index contributed by atoms with van der Waals surface area (Å²) in [6.45, 7) is 9.80. The van der Waals surface area contributed by atoms with Crippen LogP contribution in [0, 0.1) is 24.7 Å². The van der Waals surface area contributed by atoms with Crippen LogP contribution >= 0.6 is 0 Å². The second-order valence-electron chi connectivity index (χ2n) is 5.94. The van der Waals surface area contributed by atoms with Crippen LogP contribution in [0.5, 0.6) is 0 Å². The van der Waals surface area contributed by atoms with Gasteiger partial charge in [0.05, 0.1) is 92.5 Å². The lowest BCUT2D eigenvalue weighted by molar-refractivity contribution is -0.000137. The van der Waals surface area contributed by atoms with E-state index in [1.165, 1.54) is 0 Å². The van der Waals surface area contributed by atoms with Gasteiger partial charge in [0.25, 0.3) is 0 Å². The van der Waals surface area contributed by atoms with Crippen molar-refractivity contribution >= 4 is 0 Å². The number of ether oxygens (including phenoxy) is 8. The number of nitrogens with one attached hydrogen (secondary N) is 1. The summed E-state index contributed by atoms with van der Waals surface area (Å²) in [5, 5.41) is 3.24. The molecule has 0 saturated carbocycles. The molecule has 0 bridgehead atoms. The summed E-state index contributed by atoms with van der Waals surface area (Å²) in [6, 6.07) is 0. The predicted molar refractivity (Wildman–Crippen MR) is 117 cm³/mol. The molecule has 31 heavy (non-hydrogen) atoms. The average Bonchev–Trinajstić information content (AvgIpc) is 2.78. The fraction of sp³-hybridized carbons (Fsp3) is 0.818. The Morgan fingerprint density at radius 2 is 0.645 bits per heavy atom. The number of hydrogen-bond acceptors (Lipinski definition) is 9. The van der Waals surface area contributed by atoms with Crippen molar-refractivity contribution in [3.8, 4) is 24.7 Å². The molecule has 0 aromatic carbocycles. The molecule has 0 aromatic rings. The Balaban J connectivity index is 2.99. The molecule has 0 fully saturated rings. The van der Waals surface area contributed by atoms with Crippen LogP contribution < -0.4 is 5.32 Å². The van der Waals surface area contributed by atoms with Crippen molar-refractivity contribution in [2.24, 2.45) is 0 Å².